The lowest BCUT2D eigenvalue weighted by Gasteiger charge is -2.38. The van der Waals surface area contributed by atoms with Gasteiger partial charge in [-0.05, 0) is 44.0 Å². The average Bonchev–Trinajstić information content (AvgIpc) is 3.40. The maximum Gasteiger partial charge on any atom is 0.253 e. The third-order valence-electron chi connectivity index (χ3n) is 6.96. The molecule has 0 atom stereocenters. The molecule has 2 fully saturated rings. The Morgan fingerprint density at radius 1 is 0.909 bits per heavy atom. The van der Waals surface area contributed by atoms with Gasteiger partial charge in [0, 0.05) is 66.4 Å². The van der Waals surface area contributed by atoms with Gasteiger partial charge in [-0.25, -0.2) is 15.0 Å². The molecular weight excluding hydrogens is 412 g/mol. The van der Waals surface area contributed by atoms with Gasteiger partial charge in [-0.3, -0.25) is 9.69 Å². The minimum Gasteiger partial charge on any atom is -0.384 e. The summed E-state index contributed by atoms with van der Waals surface area (Å²) in [6.07, 6.45) is 8.63. The van der Waals surface area contributed by atoms with Gasteiger partial charge in [-0.15, -0.1) is 0 Å². The Kier molecular flexibility index (Phi) is 6.05. The van der Waals surface area contributed by atoms with Crippen molar-refractivity contribution >= 4 is 11.7 Å². The first-order chi connectivity index (χ1) is 16.1. The number of aryl methyl sites for hydroxylation is 1. The summed E-state index contributed by atoms with van der Waals surface area (Å²) < 4.78 is 0. The van der Waals surface area contributed by atoms with Gasteiger partial charge >= 0.3 is 0 Å². The highest BCUT2D eigenvalue weighted by atomic mass is 16.2. The van der Waals surface area contributed by atoms with Crippen LogP contribution in [0.3, 0.4) is 0 Å². The molecular formula is C26H30N6O. The quantitative estimate of drug-likeness (QED) is 0.661. The molecule has 1 aliphatic heterocycles. The summed E-state index contributed by atoms with van der Waals surface area (Å²) in [7, 11) is 0. The van der Waals surface area contributed by atoms with E-state index in [4.69, 9.17) is 5.73 Å². The Labute approximate surface area is 194 Å². The Morgan fingerprint density at radius 2 is 1.61 bits per heavy atom. The summed E-state index contributed by atoms with van der Waals surface area (Å²) >= 11 is 0. The van der Waals surface area contributed by atoms with Crippen molar-refractivity contribution < 1.29 is 4.79 Å². The predicted octanol–water partition coefficient (Wildman–Crippen LogP) is 3.80. The van der Waals surface area contributed by atoms with Crippen molar-refractivity contribution in [1.29, 1.82) is 0 Å². The summed E-state index contributed by atoms with van der Waals surface area (Å²) in [6.45, 7) is 5.52. The van der Waals surface area contributed by atoms with Gasteiger partial charge in [0.25, 0.3) is 5.91 Å². The van der Waals surface area contributed by atoms with Crippen LogP contribution in [0.5, 0.6) is 0 Å². The number of carbonyl (C=O) groups excluding carboxylic acids is 1. The van der Waals surface area contributed by atoms with E-state index < -0.39 is 0 Å². The van der Waals surface area contributed by atoms with E-state index in [0.717, 1.165) is 65.9 Å². The maximum atomic E-state index is 13.1. The van der Waals surface area contributed by atoms with Gasteiger partial charge in [-0.1, -0.05) is 25.0 Å². The topological polar surface area (TPSA) is 88.2 Å². The number of nitrogens with two attached hydrogens (primary N) is 1. The molecule has 170 valence electrons. The number of nitrogens with zero attached hydrogens (tertiary/aromatic N) is 5. The third kappa shape index (κ3) is 4.46. The SMILES string of the molecule is Cc1ncnc(-c2ccc(C(=O)N3CCN(C4CCCC4)CC3)cc2)c1-c1ccc(N)nc1. The van der Waals surface area contributed by atoms with Gasteiger partial charge < -0.3 is 10.6 Å². The number of pyridine rings is 1. The van der Waals surface area contributed by atoms with Crippen molar-refractivity contribution in [3.63, 3.8) is 0 Å². The third-order valence-corrected chi connectivity index (χ3v) is 6.96. The molecule has 3 aromatic rings. The fraction of sp³-hybridized carbons (Fsp3) is 0.385. The number of anilines is 1. The standard InChI is InChI=1S/C26H30N6O/c1-18-24(21-10-11-23(27)28-16-21)25(30-17-29-18)19-6-8-20(9-7-19)26(33)32-14-12-31(13-15-32)22-4-2-3-5-22/h6-11,16-17,22H,2-5,12-15H2,1H3,(H2,27,28). The van der Waals surface area contributed by atoms with Crippen molar-refractivity contribution in [3.8, 4) is 22.4 Å². The molecule has 33 heavy (non-hydrogen) atoms. The van der Waals surface area contributed by atoms with Crippen molar-refractivity contribution in [3.05, 3.63) is 60.2 Å². The number of benzene rings is 1. The minimum atomic E-state index is 0.106. The molecule has 7 nitrogen and oxygen atoms in total. The number of aromatic nitrogens is 3. The summed E-state index contributed by atoms with van der Waals surface area (Å²) in [6, 6.07) is 12.2. The summed E-state index contributed by atoms with van der Waals surface area (Å²) in [5.41, 5.74) is 10.9. The Hall–Kier alpha value is -3.32. The lowest BCUT2D eigenvalue weighted by molar-refractivity contribution is 0.0573. The average molecular weight is 443 g/mol. The molecule has 1 amide bonds. The highest BCUT2D eigenvalue weighted by molar-refractivity contribution is 5.95. The number of hydrogen-bond acceptors (Lipinski definition) is 6. The predicted molar refractivity (Wildman–Crippen MR) is 130 cm³/mol. The van der Waals surface area contributed by atoms with Crippen molar-refractivity contribution in [1.82, 2.24) is 24.8 Å². The van der Waals surface area contributed by atoms with E-state index in [1.807, 2.05) is 42.2 Å². The number of hydrogen-bond donors (Lipinski definition) is 1. The molecule has 1 saturated heterocycles. The molecule has 7 heteroatoms. The van der Waals surface area contributed by atoms with Crippen LogP contribution < -0.4 is 5.73 Å². The van der Waals surface area contributed by atoms with Gasteiger partial charge in [0.15, 0.2) is 0 Å². The molecule has 2 aromatic heterocycles. The second-order valence-electron chi connectivity index (χ2n) is 9.00. The van der Waals surface area contributed by atoms with E-state index in [9.17, 15) is 4.79 Å². The van der Waals surface area contributed by atoms with E-state index in [1.165, 1.54) is 25.7 Å². The molecule has 0 bridgehead atoms. The minimum absolute atomic E-state index is 0.106. The van der Waals surface area contributed by atoms with Crippen LogP contribution in [-0.4, -0.2) is 62.9 Å². The lowest BCUT2D eigenvalue weighted by Crippen LogP contribution is -2.51. The molecule has 3 heterocycles. The van der Waals surface area contributed by atoms with Crippen LogP contribution in [0.15, 0.2) is 48.9 Å². The summed E-state index contributed by atoms with van der Waals surface area (Å²) in [4.78, 5) is 30.8. The smallest absolute Gasteiger partial charge is 0.253 e. The lowest BCUT2D eigenvalue weighted by atomic mass is 9.98. The van der Waals surface area contributed by atoms with Crippen LogP contribution in [0.4, 0.5) is 5.82 Å². The molecule has 1 aromatic carbocycles. The highest BCUT2D eigenvalue weighted by Gasteiger charge is 2.28. The van der Waals surface area contributed by atoms with E-state index in [2.05, 4.69) is 19.9 Å². The monoisotopic (exact) mass is 442 g/mol. The molecule has 1 aliphatic carbocycles. The molecule has 0 radical (unpaired) electrons. The zero-order chi connectivity index (χ0) is 22.8. The normalized spacial score (nSPS) is 17.4. The van der Waals surface area contributed by atoms with Crippen LogP contribution in [0.1, 0.15) is 41.7 Å². The summed E-state index contributed by atoms with van der Waals surface area (Å²) in [5.74, 6) is 0.580. The largest absolute Gasteiger partial charge is 0.384 e. The van der Waals surface area contributed by atoms with E-state index in [0.29, 0.717) is 5.82 Å². The molecule has 0 spiro atoms. The van der Waals surface area contributed by atoms with E-state index in [1.54, 1.807) is 18.6 Å². The zero-order valence-electron chi connectivity index (χ0n) is 19.1. The fourth-order valence-electron chi connectivity index (χ4n) is 5.10. The number of rotatable bonds is 4. The Bertz CT molecular complexity index is 1110. The fourth-order valence-corrected chi connectivity index (χ4v) is 5.10. The summed E-state index contributed by atoms with van der Waals surface area (Å²) in [5, 5.41) is 0. The molecule has 0 unspecified atom stereocenters. The van der Waals surface area contributed by atoms with E-state index in [-0.39, 0.29) is 5.91 Å². The van der Waals surface area contributed by atoms with Crippen LogP contribution >= 0.6 is 0 Å². The maximum absolute atomic E-state index is 13.1. The number of amides is 1. The second kappa shape index (κ2) is 9.27. The molecule has 2 N–H and O–H groups in total. The van der Waals surface area contributed by atoms with Crippen LogP contribution in [0.2, 0.25) is 0 Å². The first-order valence-corrected chi connectivity index (χ1v) is 11.8. The van der Waals surface area contributed by atoms with Crippen molar-refractivity contribution in [2.24, 2.45) is 0 Å². The second-order valence-corrected chi connectivity index (χ2v) is 9.00. The Balaban J connectivity index is 1.33. The van der Waals surface area contributed by atoms with Gasteiger partial charge in [0.2, 0.25) is 0 Å². The van der Waals surface area contributed by atoms with Crippen LogP contribution in [-0.2, 0) is 0 Å². The van der Waals surface area contributed by atoms with E-state index >= 15 is 0 Å². The van der Waals surface area contributed by atoms with Gasteiger partial charge in [0.05, 0.1) is 5.69 Å². The first-order valence-electron chi connectivity index (χ1n) is 11.8. The van der Waals surface area contributed by atoms with Crippen LogP contribution in [0, 0.1) is 6.92 Å². The number of piperazine rings is 1. The Morgan fingerprint density at radius 3 is 2.27 bits per heavy atom. The zero-order valence-corrected chi connectivity index (χ0v) is 19.1. The molecule has 2 aliphatic rings. The van der Waals surface area contributed by atoms with Gasteiger partial charge in [-0.2, -0.15) is 0 Å². The van der Waals surface area contributed by atoms with Crippen LogP contribution in [0.25, 0.3) is 22.4 Å². The number of carbonyl (C=O) groups is 1. The number of nitrogen functional groups attached to an aromatic ring is 1. The molecule has 5 rings (SSSR count). The van der Waals surface area contributed by atoms with Crippen molar-refractivity contribution in [2.75, 3.05) is 31.9 Å². The molecule has 1 saturated carbocycles. The first kappa shape index (κ1) is 21.5. The van der Waals surface area contributed by atoms with Crippen molar-refractivity contribution in [2.45, 2.75) is 38.6 Å². The van der Waals surface area contributed by atoms with Gasteiger partial charge in [0.1, 0.15) is 12.1 Å². The highest BCUT2D eigenvalue weighted by Crippen LogP contribution is 2.32.